The van der Waals surface area contributed by atoms with Crippen molar-refractivity contribution in [2.24, 2.45) is 0 Å². The molecule has 128 valence electrons. The number of benzene rings is 2. The van der Waals surface area contributed by atoms with E-state index in [0.29, 0.717) is 6.42 Å². The third kappa shape index (κ3) is 3.85. The predicted molar refractivity (Wildman–Crippen MR) is 94.6 cm³/mol. The lowest BCUT2D eigenvalue weighted by atomic mass is 10.0. The third-order valence-electron chi connectivity index (χ3n) is 3.92. The van der Waals surface area contributed by atoms with Gasteiger partial charge in [0, 0.05) is 30.4 Å². The number of hydrogen-bond acceptors (Lipinski definition) is 2. The van der Waals surface area contributed by atoms with Crippen LogP contribution in [0.4, 0.5) is 10.1 Å². The summed E-state index contributed by atoms with van der Waals surface area (Å²) in [6, 6.07) is 12.8. The van der Waals surface area contributed by atoms with E-state index in [-0.39, 0.29) is 11.6 Å². The van der Waals surface area contributed by atoms with Crippen molar-refractivity contribution in [2.75, 3.05) is 5.32 Å². The quantitative estimate of drug-likeness (QED) is 0.668. The van der Waals surface area contributed by atoms with Gasteiger partial charge >= 0.3 is 0 Å². The predicted octanol–water partition coefficient (Wildman–Crippen LogP) is 2.99. The van der Waals surface area contributed by atoms with Gasteiger partial charge in [-0.2, -0.15) is 0 Å². The number of para-hydroxylation sites is 2. The highest BCUT2D eigenvalue weighted by molar-refractivity contribution is 5.97. The van der Waals surface area contributed by atoms with Gasteiger partial charge in [-0.3, -0.25) is 9.59 Å². The molecule has 0 spiro atoms. The van der Waals surface area contributed by atoms with Gasteiger partial charge in [-0.25, -0.2) is 4.39 Å². The summed E-state index contributed by atoms with van der Waals surface area (Å²) >= 11 is 0. The first-order valence-electron chi connectivity index (χ1n) is 7.92. The second kappa shape index (κ2) is 7.17. The maximum Gasteiger partial charge on any atom is 0.247 e. The molecule has 0 aliphatic heterocycles. The van der Waals surface area contributed by atoms with Crippen molar-refractivity contribution in [3.63, 3.8) is 0 Å². The van der Waals surface area contributed by atoms with E-state index < -0.39 is 17.8 Å². The number of nitrogens with one attached hydrogen (secondary N) is 3. The van der Waals surface area contributed by atoms with E-state index in [1.807, 2.05) is 30.5 Å². The number of H-pyrrole nitrogens is 1. The summed E-state index contributed by atoms with van der Waals surface area (Å²) in [6.07, 6.45) is 2.11. The molecule has 0 saturated carbocycles. The summed E-state index contributed by atoms with van der Waals surface area (Å²) in [5.74, 6) is -1.32. The van der Waals surface area contributed by atoms with Crippen LogP contribution in [0.25, 0.3) is 10.9 Å². The Morgan fingerprint density at radius 1 is 1.12 bits per heavy atom. The number of carbonyl (C=O) groups is 2. The molecule has 3 aromatic rings. The van der Waals surface area contributed by atoms with Gasteiger partial charge in [0.05, 0.1) is 5.69 Å². The molecule has 1 aromatic heterocycles. The summed E-state index contributed by atoms with van der Waals surface area (Å²) in [4.78, 5) is 27.2. The van der Waals surface area contributed by atoms with Crippen LogP contribution in [0, 0.1) is 5.82 Å². The fraction of sp³-hybridized carbons (Fsp3) is 0.158. The van der Waals surface area contributed by atoms with Gasteiger partial charge in [-0.1, -0.05) is 30.3 Å². The molecular weight excluding hydrogens is 321 g/mol. The first-order valence-corrected chi connectivity index (χ1v) is 7.92. The number of hydrogen-bond donors (Lipinski definition) is 3. The van der Waals surface area contributed by atoms with Crippen LogP contribution in [0.3, 0.4) is 0 Å². The number of anilines is 1. The van der Waals surface area contributed by atoms with Gasteiger partial charge in [0.1, 0.15) is 11.9 Å². The molecule has 0 aliphatic carbocycles. The topological polar surface area (TPSA) is 74.0 Å². The second-order valence-electron chi connectivity index (χ2n) is 5.79. The maximum atomic E-state index is 13.8. The van der Waals surface area contributed by atoms with E-state index in [2.05, 4.69) is 15.6 Å². The Kier molecular flexibility index (Phi) is 4.79. The molecule has 0 fully saturated rings. The van der Waals surface area contributed by atoms with Gasteiger partial charge in [-0.15, -0.1) is 0 Å². The Balaban J connectivity index is 1.83. The lowest BCUT2D eigenvalue weighted by Crippen LogP contribution is -2.44. The first-order chi connectivity index (χ1) is 12.0. The van der Waals surface area contributed by atoms with E-state index in [0.717, 1.165) is 16.5 Å². The van der Waals surface area contributed by atoms with E-state index in [1.165, 1.54) is 19.1 Å². The van der Waals surface area contributed by atoms with Crippen molar-refractivity contribution in [1.82, 2.24) is 10.3 Å². The molecule has 3 rings (SSSR count). The number of aromatic amines is 1. The summed E-state index contributed by atoms with van der Waals surface area (Å²) in [5.41, 5.74) is 1.94. The number of fused-ring (bicyclic) bond motifs is 1. The SMILES string of the molecule is CC(=O)NC(Cc1c[nH]c2ccccc12)C(=O)Nc1ccccc1F. The molecule has 1 heterocycles. The Labute approximate surface area is 144 Å². The molecule has 1 atom stereocenters. The molecule has 0 aliphatic rings. The summed E-state index contributed by atoms with van der Waals surface area (Å²) in [7, 11) is 0. The summed E-state index contributed by atoms with van der Waals surface area (Å²) in [5, 5.41) is 6.16. The normalized spacial score (nSPS) is 11.9. The minimum absolute atomic E-state index is 0.0850. The van der Waals surface area contributed by atoms with E-state index in [4.69, 9.17) is 0 Å². The van der Waals surface area contributed by atoms with Gasteiger partial charge in [0.2, 0.25) is 11.8 Å². The maximum absolute atomic E-state index is 13.8. The highest BCUT2D eigenvalue weighted by Crippen LogP contribution is 2.20. The van der Waals surface area contributed by atoms with Crippen molar-refractivity contribution < 1.29 is 14.0 Å². The highest BCUT2D eigenvalue weighted by Gasteiger charge is 2.22. The van der Waals surface area contributed by atoms with Gasteiger partial charge in [0.15, 0.2) is 0 Å². The summed E-state index contributed by atoms with van der Waals surface area (Å²) in [6.45, 7) is 1.35. The Hall–Kier alpha value is -3.15. The minimum atomic E-state index is -0.809. The van der Waals surface area contributed by atoms with Crippen LogP contribution in [0.1, 0.15) is 12.5 Å². The lowest BCUT2D eigenvalue weighted by Gasteiger charge is -2.17. The molecule has 0 radical (unpaired) electrons. The molecule has 6 heteroatoms. The molecule has 3 N–H and O–H groups in total. The first kappa shape index (κ1) is 16.7. The Morgan fingerprint density at radius 2 is 1.84 bits per heavy atom. The Bertz CT molecular complexity index is 920. The fourth-order valence-corrected chi connectivity index (χ4v) is 2.76. The van der Waals surface area contributed by atoms with Crippen LogP contribution < -0.4 is 10.6 Å². The van der Waals surface area contributed by atoms with Crippen LogP contribution >= 0.6 is 0 Å². The molecule has 1 unspecified atom stereocenters. The minimum Gasteiger partial charge on any atom is -0.361 e. The van der Waals surface area contributed by atoms with Crippen LogP contribution in [0.2, 0.25) is 0 Å². The number of carbonyl (C=O) groups excluding carboxylic acids is 2. The van der Waals surface area contributed by atoms with Crippen LogP contribution in [-0.4, -0.2) is 22.8 Å². The Morgan fingerprint density at radius 3 is 2.60 bits per heavy atom. The third-order valence-corrected chi connectivity index (χ3v) is 3.92. The molecule has 2 amide bonds. The number of amides is 2. The zero-order valence-electron chi connectivity index (χ0n) is 13.7. The highest BCUT2D eigenvalue weighted by atomic mass is 19.1. The smallest absolute Gasteiger partial charge is 0.247 e. The van der Waals surface area contributed by atoms with Crippen LogP contribution in [0.15, 0.2) is 54.7 Å². The van der Waals surface area contributed by atoms with Gasteiger partial charge in [-0.05, 0) is 23.8 Å². The molecule has 0 bridgehead atoms. The van der Waals surface area contributed by atoms with Crippen molar-refractivity contribution in [3.05, 3.63) is 66.1 Å². The van der Waals surface area contributed by atoms with Crippen molar-refractivity contribution in [3.8, 4) is 0 Å². The average Bonchev–Trinajstić information content (AvgIpc) is 2.99. The van der Waals surface area contributed by atoms with Crippen molar-refractivity contribution >= 4 is 28.4 Å². The number of rotatable bonds is 5. The lowest BCUT2D eigenvalue weighted by molar-refractivity contribution is -0.125. The largest absolute Gasteiger partial charge is 0.361 e. The zero-order valence-corrected chi connectivity index (χ0v) is 13.7. The molecule has 2 aromatic carbocycles. The zero-order chi connectivity index (χ0) is 17.8. The molecular formula is C19H18FN3O2. The molecule has 0 saturated heterocycles. The van der Waals surface area contributed by atoms with E-state index in [9.17, 15) is 14.0 Å². The number of halogens is 1. The average molecular weight is 339 g/mol. The van der Waals surface area contributed by atoms with Crippen LogP contribution in [0.5, 0.6) is 0 Å². The van der Waals surface area contributed by atoms with E-state index >= 15 is 0 Å². The van der Waals surface area contributed by atoms with Gasteiger partial charge in [0.25, 0.3) is 0 Å². The standard InChI is InChI=1S/C19H18FN3O2/c1-12(24)22-18(19(25)23-17-9-5-3-7-15(17)20)10-13-11-21-16-8-4-2-6-14(13)16/h2-9,11,18,21H,10H2,1H3,(H,22,24)(H,23,25). The summed E-state index contributed by atoms with van der Waals surface area (Å²) < 4.78 is 13.8. The van der Waals surface area contributed by atoms with E-state index in [1.54, 1.807) is 12.1 Å². The molecule has 5 nitrogen and oxygen atoms in total. The van der Waals surface area contributed by atoms with Gasteiger partial charge < -0.3 is 15.6 Å². The van der Waals surface area contributed by atoms with Crippen molar-refractivity contribution in [2.45, 2.75) is 19.4 Å². The monoisotopic (exact) mass is 339 g/mol. The van der Waals surface area contributed by atoms with Crippen molar-refractivity contribution in [1.29, 1.82) is 0 Å². The number of aromatic nitrogens is 1. The fourth-order valence-electron chi connectivity index (χ4n) is 2.76. The molecule has 25 heavy (non-hydrogen) atoms. The van der Waals surface area contributed by atoms with Crippen LogP contribution in [-0.2, 0) is 16.0 Å². The second-order valence-corrected chi connectivity index (χ2v) is 5.79.